The molecular weight excluding hydrogens is 1100 g/mol. The van der Waals surface area contributed by atoms with Gasteiger partial charge < -0.3 is 63.9 Å². The van der Waals surface area contributed by atoms with E-state index in [9.17, 15) is 24.0 Å². The van der Waals surface area contributed by atoms with Gasteiger partial charge in [-0.2, -0.15) is 9.97 Å². The number of aldehydes is 1. The molecule has 3 aromatic carbocycles. The number of amides is 4. The van der Waals surface area contributed by atoms with Crippen molar-refractivity contribution in [2.75, 3.05) is 110 Å². The third-order valence-electron chi connectivity index (χ3n) is 16.1. The first-order valence-electron chi connectivity index (χ1n) is 28.5. The molecule has 4 amide bonds. The Hall–Kier alpha value is -8.01. The third-order valence-corrected chi connectivity index (χ3v) is 16.1. The lowest BCUT2D eigenvalue weighted by molar-refractivity contribution is -0.125. The van der Waals surface area contributed by atoms with Crippen LogP contribution in [-0.2, 0) is 38.1 Å². The number of fused-ring (bicyclic) bond motifs is 5. The van der Waals surface area contributed by atoms with Crippen LogP contribution in [0.25, 0.3) is 32.9 Å². The van der Waals surface area contributed by atoms with Gasteiger partial charge in [0, 0.05) is 100 Å². The van der Waals surface area contributed by atoms with E-state index < -0.39 is 29.3 Å². The number of aryl methyl sites for hydroxylation is 1. The zero-order valence-corrected chi connectivity index (χ0v) is 48.6. The standard InChI is InChI=1S/C61H72F2N10O10.CH2O/c1-7-45-49(62)18-13-40-10-8-11-47(52(40)45)54-53(63)55-48(32-65-54)56(72-34-42-14-15-43(35-72)66-42)69-59(68-55)83-37-61-21-19-44(73(61)33-38(2)31-61)36-82-60(78)70(5)22-25-80-27-29-81-28-26-79-24-20-51(75)67-41-16-17-46(39(3)30-41)58(77)71(6)50(12-9-23-74)57(76)64-4;1-2/h1,8,10-11,13,16-18,23,30,32,42-44,50,66H,2,9,12,14-15,19-22,24-29,31,33-37H2,3-6H3,(H,64,76)(H,67,75);1H2/t42?,43?,44-,50?,61-;/m0./s1. The second-order valence-corrected chi connectivity index (χ2v) is 21.7. The number of halogens is 2. The van der Waals surface area contributed by atoms with E-state index in [0.717, 1.165) is 31.3 Å². The number of hydrogen-bond acceptors (Lipinski definition) is 17. The number of nitrogens with zero attached hydrogens (tertiary/aromatic N) is 7. The minimum absolute atomic E-state index is 0.0156. The van der Waals surface area contributed by atoms with Crippen molar-refractivity contribution in [3.63, 3.8) is 0 Å². The highest BCUT2D eigenvalue weighted by Crippen LogP contribution is 2.45. The lowest BCUT2D eigenvalue weighted by Gasteiger charge is -2.35. The Morgan fingerprint density at radius 2 is 1.71 bits per heavy atom. The van der Waals surface area contributed by atoms with Gasteiger partial charge >= 0.3 is 12.1 Å². The number of hydrogen-bond donors (Lipinski definition) is 3. The fraction of sp³-hybridized carbons (Fsp3) is 0.468. The molecule has 3 unspecified atom stereocenters. The molecule has 23 heteroatoms. The Morgan fingerprint density at radius 1 is 0.976 bits per heavy atom. The number of carbonyl (C=O) groups is 6. The molecule has 0 radical (unpaired) electrons. The van der Waals surface area contributed by atoms with Crippen LogP contribution in [0.15, 0.2) is 66.9 Å². The quantitative estimate of drug-likeness (QED) is 0.0248. The predicted octanol–water partition coefficient (Wildman–Crippen LogP) is 6.02. The summed E-state index contributed by atoms with van der Waals surface area (Å²) in [7, 11) is 4.64. The highest BCUT2D eigenvalue weighted by Gasteiger charge is 2.51. The molecule has 5 aromatic rings. The van der Waals surface area contributed by atoms with Crippen LogP contribution in [-0.4, -0.2) is 196 Å². The van der Waals surface area contributed by atoms with Crippen molar-refractivity contribution in [2.24, 2.45) is 0 Å². The monoisotopic (exact) mass is 1170 g/mol. The lowest BCUT2D eigenvalue weighted by atomic mass is 9.94. The number of benzene rings is 3. The Labute approximate surface area is 493 Å². The molecule has 21 nitrogen and oxygen atoms in total. The van der Waals surface area contributed by atoms with Crippen LogP contribution in [0, 0.1) is 30.9 Å². The molecular formula is C62H74F2N10O11. The summed E-state index contributed by atoms with van der Waals surface area (Å²) in [6, 6.07) is 12.7. The number of terminal acetylenes is 1. The second-order valence-electron chi connectivity index (χ2n) is 21.7. The largest absolute Gasteiger partial charge is 0.461 e. The number of nitrogens with one attached hydrogen (secondary N) is 3. The molecule has 0 spiro atoms. The summed E-state index contributed by atoms with van der Waals surface area (Å²) < 4.78 is 61.5. The fourth-order valence-corrected chi connectivity index (χ4v) is 11.8. The molecule has 0 aliphatic carbocycles. The number of likely N-dealkylation sites (N-methyl/N-ethyl adjacent to an activating group) is 3. The SMILES string of the molecule is C#Cc1c(F)ccc2cccc(-c3ncc4c(N5CC6CCC(C5)N6)nc(OC[C@@]56CC[C@@H](COC(=O)N(C)CCOCCOCCOCCC(=O)Nc7ccc(C(=O)N(C)C(CCC=O)C(=O)NC)c(C)c7)N5CC(=C)C6)nc4c3F)c12.C=O. The van der Waals surface area contributed by atoms with E-state index >= 15 is 8.78 Å². The maximum atomic E-state index is 17.2. The molecule has 2 aromatic heterocycles. The van der Waals surface area contributed by atoms with Crippen LogP contribution < -0.4 is 25.6 Å². The fourth-order valence-electron chi connectivity index (χ4n) is 11.8. The zero-order chi connectivity index (χ0) is 60.8. The molecule has 4 saturated heterocycles. The van der Waals surface area contributed by atoms with Crippen LogP contribution in [0.2, 0.25) is 0 Å². The topological polar surface area (TPSA) is 236 Å². The highest BCUT2D eigenvalue weighted by molar-refractivity contribution is 6.02. The van der Waals surface area contributed by atoms with Crippen molar-refractivity contribution in [1.82, 2.24) is 40.3 Å². The van der Waals surface area contributed by atoms with Crippen LogP contribution in [0.5, 0.6) is 6.01 Å². The summed E-state index contributed by atoms with van der Waals surface area (Å²) in [6.07, 6.45) is 12.2. The van der Waals surface area contributed by atoms with E-state index in [4.69, 9.17) is 44.9 Å². The third kappa shape index (κ3) is 14.7. The van der Waals surface area contributed by atoms with Crippen LogP contribution in [0.1, 0.15) is 72.9 Å². The summed E-state index contributed by atoms with van der Waals surface area (Å²) >= 11 is 0. The predicted molar refractivity (Wildman–Crippen MR) is 315 cm³/mol. The summed E-state index contributed by atoms with van der Waals surface area (Å²) in [5, 5.41) is 10.5. The number of carbonyl (C=O) groups excluding carboxylic acids is 6. The second kappa shape index (κ2) is 29.2. The maximum Gasteiger partial charge on any atom is 0.409 e. The molecule has 6 heterocycles. The highest BCUT2D eigenvalue weighted by atomic mass is 19.1. The molecule has 4 aliphatic rings. The number of anilines is 2. The lowest BCUT2D eigenvalue weighted by Crippen LogP contribution is -2.51. The first-order chi connectivity index (χ1) is 41.1. The molecule has 4 aliphatic heterocycles. The van der Waals surface area contributed by atoms with Crippen molar-refractivity contribution < 1.29 is 61.2 Å². The number of rotatable bonds is 26. The summed E-state index contributed by atoms with van der Waals surface area (Å²) in [5.74, 6) is 0.685. The molecule has 2 bridgehead atoms. The summed E-state index contributed by atoms with van der Waals surface area (Å²) in [5.41, 5.74) is 2.42. The van der Waals surface area contributed by atoms with Gasteiger partial charge in [-0.25, -0.2) is 13.6 Å². The van der Waals surface area contributed by atoms with E-state index in [0.29, 0.717) is 96.5 Å². The van der Waals surface area contributed by atoms with E-state index in [1.54, 1.807) is 62.6 Å². The van der Waals surface area contributed by atoms with Crippen molar-refractivity contribution in [1.29, 1.82) is 0 Å². The Bertz CT molecular complexity index is 3300. The number of piperazine rings is 1. The van der Waals surface area contributed by atoms with Gasteiger partial charge in [0.05, 0.1) is 62.6 Å². The van der Waals surface area contributed by atoms with Crippen molar-refractivity contribution in [2.45, 2.75) is 88.0 Å². The van der Waals surface area contributed by atoms with Gasteiger partial charge in [-0.15, -0.1) is 6.42 Å². The first kappa shape index (κ1) is 63.0. The first-order valence-corrected chi connectivity index (χ1v) is 28.5. The van der Waals surface area contributed by atoms with Gasteiger partial charge in [-0.05, 0) is 80.7 Å². The average Bonchev–Trinajstić information content (AvgIpc) is 3.46. The molecule has 85 heavy (non-hydrogen) atoms. The molecule has 5 atom stereocenters. The Kier molecular flexibility index (Phi) is 21.6. The van der Waals surface area contributed by atoms with Crippen LogP contribution >= 0.6 is 0 Å². The van der Waals surface area contributed by atoms with E-state index in [-0.39, 0.29) is 118 Å². The minimum Gasteiger partial charge on any atom is -0.461 e. The zero-order valence-electron chi connectivity index (χ0n) is 48.6. The van der Waals surface area contributed by atoms with E-state index in [1.807, 2.05) is 6.79 Å². The molecule has 3 N–H and O–H groups in total. The van der Waals surface area contributed by atoms with Gasteiger partial charge in [0.15, 0.2) is 5.82 Å². The van der Waals surface area contributed by atoms with Gasteiger partial charge in [-0.1, -0.05) is 42.3 Å². The van der Waals surface area contributed by atoms with Crippen LogP contribution in [0.4, 0.5) is 25.1 Å². The molecule has 9 rings (SSSR count). The normalized spacial score (nSPS) is 19.1. The van der Waals surface area contributed by atoms with Gasteiger partial charge in [0.2, 0.25) is 11.8 Å². The van der Waals surface area contributed by atoms with E-state index in [1.165, 1.54) is 30.0 Å². The van der Waals surface area contributed by atoms with Crippen LogP contribution in [0.3, 0.4) is 0 Å². The molecule has 4 fully saturated rings. The molecule has 452 valence electrons. The van der Waals surface area contributed by atoms with Crippen molar-refractivity contribution >= 4 is 70.1 Å². The number of ether oxygens (including phenoxy) is 5. The maximum absolute atomic E-state index is 17.2. The summed E-state index contributed by atoms with van der Waals surface area (Å²) in [6.45, 7) is 12.2. The molecule has 0 saturated carbocycles. The van der Waals surface area contributed by atoms with Crippen molar-refractivity contribution in [3.05, 3.63) is 95.2 Å². The average molecular weight is 1170 g/mol. The van der Waals surface area contributed by atoms with Gasteiger partial charge in [0.25, 0.3) is 5.91 Å². The van der Waals surface area contributed by atoms with E-state index in [2.05, 4.69) is 43.2 Å². The van der Waals surface area contributed by atoms with Gasteiger partial charge in [0.1, 0.15) is 55.2 Å². The minimum atomic E-state index is -0.803. The Balaban J connectivity index is 0.00000465. The number of aromatic nitrogens is 3. The smallest absolute Gasteiger partial charge is 0.409 e. The van der Waals surface area contributed by atoms with Gasteiger partial charge in [-0.3, -0.25) is 24.3 Å². The Morgan fingerprint density at radius 3 is 2.41 bits per heavy atom. The summed E-state index contributed by atoms with van der Waals surface area (Å²) in [4.78, 5) is 91.9. The number of pyridine rings is 1. The van der Waals surface area contributed by atoms with Crippen molar-refractivity contribution in [3.8, 4) is 29.6 Å².